The second kappa shape index (κ2) is 15.4. The first-order valence-corrected chi connectivity index (χ1v) is 15.6. The molecule has 12 heteroatoms. The van der Waals surface area contributed by atoms with Crippen LogP contribution in [-0.2, 0) is 16.0 Å². The number of H-pyrrole nitrogens is 1. The molecule has 1 aliphatic carbocycles. The Morgan fingerprint density at radius 3 is 2.33 bits per heavy atom. The molecule has 240 valence electrons. The van der Waals surface area contributed by atoms with Crippen LogP contribution in [0.5, 0.6) is 0 Å². The van der Waals surface area contributed by atoms with Crippen molar-refractivity contribution in [3.8, 4) is 22.5 Å². The Kier molecular flexibility index (Phi) is 10.8. The molecule has 46 heavy (non-hydrogen) atoms. The minimum atomic E-state index is -0.791. The summed E-state index contributed by atoms with van der Waals surface area (Å²) in [5.41, 5.74) is 11.5. The van der Waals surface area contributed by atoms with Gasteiger partial charge in [-0.1, -0.05) is 30.3 Å². The van der Waals surface area contributed by atoms with E-state index < -0.39 is 6.04 Å². The lowest BCUT2D eigenvalue weighted by molar-refractivity contribution is -0.130. The molecule has 0 spiro atoms. The summed E-state index contributed by atoms with van der Waals surface area (Å²) < 4.78 is 0. The van der Waals surface area contributed by atoms with Crippen molar-refractivity contribution in [3.63, 3.8) is 0 Å². The second-order valence-corrected chi connectivity index (χ2v) is 11.7. The van der Waals surface area contributed by atoms with Crippen LogP contribution >= 0.6 is 0 Å². The molecule has 0 aliphatic heterocycles. The number of aryl methyl sites for hydroxylation is 1. The van der Waals surface area contributed by atoms with Gasteiger partial charge in [-0.15, -0.1) is 10.2 Å². The van der Waals surface area contributed by atoms with Crippen LogP contribution in [0.2, 0.25) is 0 Å². The van der Waals surface area contributed by atoms with Crippen molar-refractivity contribution >= 4 is 23.4 Å². The number of rotatable bonds is 12. The molecule has 0 saturated heterocycles. The van der Waals surface area contributed by atoms with E-state index in [-0.39, 0.29) is 36.8 Å². The van der Waals surface area contributed by atoms with Gasteiger partial charge in [0.1, 0.15) is 6.04 Å². The first kappa shape index (κ1) is 32.5. The number of aromatic amines is 1. The zero-order chi connectivity index (χ0) is 32.5. The Morgan fingerprint density at radius 1 is 0.978 bits per heavy atom. The summed E-state index contributed by atoms with van der Waals surface area (Å²) in [6.07, 6.45) is 3.64. The standard InChI is InChI=1S/C34H40N8O4/c1-21-18-27(32(44)36-16-17-43)12-15-29(21)24-6-2-22(3-7-24)19-30(38-33(45)26-8-4-23(20-35)5-9-26)34(46)37-28-13-10-25(11-14-28)31-39-41-42-40-31/h2-3,6-7,10-15,18,23,26,30,43H,4-5,8-9,16-17,19-20,35H2,1H3,(H,36,44)(H,37,46)(H,38,45)(H,39,40,41,42)/t23?,26?,30-/m0/s1. The van der Waals surface area contributed by atoms with E-state index in [2.05, 4.69) is 36.6 Å². The number of anilines is 1. The van der Waals surface area contributed by atoms with Crippen LogP contribution in [-0.4, -0.2) is 69.2 Å². The number of aliphatic hydroxyl groups is 1. The first-order valence-electron chi connectivity index (χ1n) is 15.6. The third-order valence-corrected chi connectivity index (χ3v) is 8.53. The molecule has 0 unspecified atom stereocenters. The van der Waals surface area contributed by atoms with E-state index in [0.29, 0.717) is 36.0 Å². The maximum atomic E-state index is 13.6. The summed E-state index contributed by atoms with van der Waals surface area (Å²) in [6.45, 7) is 2.65. The predicted molar refractivity (Wildman–Crippen MR) is 174 cm³/mol. The molecular formula is C34H40N8O4. The lowest BCUT2D eigenvalue weighted by atomic mass is 9.81. The monoisotopic (exact) mass is 624 g/mol. The van der Waals surface area contributed by atoms with Crippen molar-refractivity contribution in [2.24, 2.45) is 17.6 Å². The molecule has 1 aromatic heterocycles. The molecule has 1 saturated carbocycles. The molecule has 1 atom stereocenters. The average molecular weight is 625 g/mol. The van der Waals surface area contributed by atoms with Gasteiger partial charge in [0.05, 0.1) is 6.61 Å². The molecule has 7 N–H and O–H groups in total. The third-order valence-electron chi connectivity index (χ3n) is 8.53. The zero-order valence-electron chi connectivity index (χ0n) is 25.8. The Hall–Kier alpha value is -4.94. The summed E-state index contributed by atoms with van der Waals surface area (Å²) in [5.74, 6) is 0.0858. The van der Waals surface area contributed by atoms with Crippen LogP contribution in [0.15, 0.2) is 66.7 Å². The van der Waals surface area contributed by atoms with Crippen LogP contribution < -0.4 is 21.7 Å². The van der Waals surface area contributed by atoms with Gasteiger partial charge < -0.3 is 26.8 Å². The van der Waals surface area contributed by atoms with Gasteiger partial charge in [-0.2, -0.15) is 5.21 Å². The third kappa shape index (κ3) is 8.20. The quantitative estimate of drug-likeness (QED) is 0.139. The number of carbonyl (C=O) groups is 3. The van der Waals surface area contributed by atoms with Crippen molar-refractivity contribution < 1.29 is 19.5 Å². The van der Waals surface area contributed by atoms with E-state index >= 15 is 0 Å². The van der Waals surface area contributed by atoms with Crippen molar-refractivity contribution in [1.29, 1.82) is 0 Å². The van der Waals surface area contributed by atoms with Gasteiger partial charge in [0, 0.05) is 35.7 Å². The number of nitrogens with zero attached hydrogens (tertiary/aromatic N) is 3. The summed E-state index contributed by atoms with van der Waals surface area (Å²) in [7, 11) is 0. The van der Waals surface area contributed by atoms with E-state index in [1.54, 1.807) is 30.3 Å². The lowest BCUT2D eigenvalue weighted by Gasteiger charge is -2.28. The van der Waals surface area contributed by atoms with Crippen molar-refractivity contribution in [2.45, 2.75) is 45.1 Å². The van der Waals surface area contributed by atoms with E-state index in [9.17, 15) is 14.4 Å². The largest absolute Gasteiger partial charge is 0.395 e. The number of tetrazole rings is 1. The minimum Gasteiger partial charge on any atom is -0.395 e. The fourth-order valence-corrected chi connectivity index (χ4v) is 5.83. The highest BCUT2D eigenvalue weighted by molar-refractivity contribution is 5.98. The van der Waals surface area contributed by atoms with Crippen molar-refractivity contribution in [3.05, 3.63) is 83.4 Å². The SMILES string of the molecule is Cc1cc(C(=O)NCCO)ccc1-c1ccc(C[C@H](NC(=O)C2CCC(CN)CC2)C(=O)Nc2ccc(-c3nn[nH]n3)cc2)cc1. The second-order valence-electron chi connectivity index (χ2n) is 11.7. The topological polar surface area (TPSA) is 188 Å². The number of hydrogen-bond acceptors (Lipinski definition) is 8. The highest BCUT2D eigenvalue weighted by atomic mass is 16.3. The van der Waals surface area contributed by atoms with Gasteiger partial charge in [0.25, 0.3) is 5.91 Å². The normalized spacial score (nSPS) is 16.8. The van der Waals surface area contributed by atoms with Gasteiger partial charge in [0.2, 0.25) is 17.6 Å². The Morgan fingerprint density at radius 2 is 1.70 bits per heavy atom. The smallest absolute Gasteiger partial charge is 0.251 e. The highest BCUT2D eigenvalue weighted by Gasteiger charge is 2.29. The fraction of sp³-hybridized carbons (Fsp3) is 0.353. The molecule has 12 nitrogen and oxygen atoms in total. The zero-order valence-corrected chi connectivity index (χ0v) is 25.8. The molecule has 4 aromatic rings. The number of carbonyl (C=O) groups excluding carboxylic acids is 3. The Balaban J connectivity index is 1.30. The van der Waals surface area contributed by atoms with Crippen molar-refractivity contribution in [2.75, 3.05) is 25.0 Å². The Bertz CT molecular complexity index is 1620. The number of benzene rings is 3. The summed E-state index contributed by atoms with van der Waals surface area (Å²) in [4.78, 5) is 39.2. The molecule has 5 rings (SSSR count). The van der Waals surface area contributed by atoms with Gasteiger partial charge in [0.15, 0.2) is 0 Å². The van der Waals surface area contributed by atoms with Crippen LogP contribution in [0.4, 0.5) is 5.69 Å². The average Bonchev–Trinajstić information content (AvgIpc) is 3.63. The summed E-state index contributed by atoms with van der Waals surface area (Å²) >= 11 is 0. The molecule has 1 fully saturated rings. The fourth-order valence-electron chi connectivity index (χ4n) is 5.83. The Labute approximate surface area is 267 Å². The van der Waals surface area contributed by atoms with E-state index in [0.717, 1.165) is 53.5 Å². The number of amides is 3. The molecular weight excluding hydrogens is 584 g/mol. The van der Waals surface area contributed by atoms with Crippen LogP contribution in [0.25, 0.3) is 22.5 Å². The number of nitrogens with two attached hydrogens (primary N) is 1. The molecule has 0 radical (unpaired) electrons. The molecule has 3 amide bonds. The number of aromatic nitrogens is 4. The van der Waals surface area contributed by atoms with Gasteiger partial charge in [-0.3, -0.25) is 14.4 Å². The minimum absolute atomic E-state index is 0.113. The van der Waals surface area contributed by atoms with Crippen molar-refractivity contribution in [1.82, 2.24) is 31.3 Å². The number of nitrogens with one attached hydrogen (secondary N) is 4. The molecule has 1 heterocycles. The van der Waals surface area contributed by atoms with Gasteiger partial charge in [-0.05, 0) is 109 Å². The van der Waals surface area contributed by atoms with Gasteiger partial charge in [-0.25, -0.2) is 0 Å². The number of aliphatic hydroxyl groups excluding tert-OH is 1. The maximum Gasteiger partial charge on any atom is 0.251 e. The molecule has 1 aliphatic rings. The summed E-state index contributed by atoms with van der Waals surface area (Å²) in [6, 6.07) is 19.6. The maximum absolute atomic E-state index is 13.6. The number of hydrogen-bond donors (Lipinski definition) is 6. The molecule has 0 bridgehead atoms. The van der Waals surface area contributed by atoms with Crippen LogP contribution in [0.1, 0.15) is 47.2 Å². The van der Waals surface area contributed by atoms with E-state index in [4.69, 9.17) is 10.8 Å². The van der Waals surface area contributed by atoms with Crippen LogP contribution in [0.3, 0.4) is 0 Å². The predicted octanol–water partition coefficient (Wildman–Crippen LogP) is 3.00. The highest BCUT2D eigenvalue weighted by Crippen LogP contribution is 2.29. The first-order chi connectivity index (χ1) is 22.3. The van der Waals surface area contributed by atoms with Gasteiger partial charge >= 0.3 is 0 Å². The van der Waals surface area contributed by atoms with E-state index in [1.807, 2.05) is 43.3 Å². The summed E-state index contributed by atoms with van der Waals surface area (Å²) in [5, 5.41) is 31.6. The van der Waals surface area contributed by atoms with E-state index in [1.165, 1.54) is 0 Å². The van der Waals surface area contributed by atoms with Crippen LogP contribution in [0, 0.1) is 18.8 Å². The lowest BCUT2D eigenvalue weighted by Crippen LogP contribution is -2.48. The molecule has 3 aromatic carbocycles.